The molecule has 112 valence electrons. The lowest BCUT2D eigenvalue weighted by atomic mass is 9.91. The minimum atomic E-state index is -0.219. The minimum Gasteiger partial charge on any atom is -0.330 e. The van der Waals surface area contributed by atoms with E-state index in [1.54, 1.807) is 6.20 Å². The van der Waals surface area contributed by atoms with Crippen LogP contribution in [0.1, 0.15) is 17.0 Å². The van der Waals surface area contributed by atoms with Gasteiger partial charge in [0.1, 0.15) is 5.82 Å². The van der Waals surface area contributed by atoms with E-state index < -0.39 is 0 Å². The number of nitrogens with two attached hydrogens (primary N) is 1. The predicted molar refractivity (Wildman–Crippen MR) is 85.9 cm³/mol. The molecule has 3 nitrogen and oxygen atoms in total. The molecular formula is C18H18FN3. The van der Waals surface area contributed by atoms with E-state index >= 15 is 0 Å². The van der Waals surface area contributed by atoms with Gasteiger partial charge in [-0.05, 0) is 41.8 Å². The first-order chi connectivity index (χ1) is 10.8. The van der Waals surface area contributed by atoms with Crippen molar-refractivity contribution in [3.63, 3.8) is 0 Å². The number of hydrogen-bond acceptors (Lipinski definition) is 2. The van der Waals surface area contributed by atoms with Crippen molar-refractivity contribution in [2.45, 2.75) is 12.3 Å². The van der Waals surface area contributed by atoms with Crippen LogP contribution in [0.3, 0.4) is 0 Å². The normalized spacial score (nSPS) is 12.3. The molecule has 0 fully saturated rings. The van der Waals surface area contributed by atoms with Gasteiger partial charge in [0, 0.05) is 17.7 Å². The van der Waals surface area contributed by atoms with Crippen LogP contribution in [-0.4, -0.2) is 16.7 Å². The van der Waals surface area contributed by atoms with Crippen molar-refractivity contribution in [2.24, 2.45) is 5.73 Å². The summed E-state index contributed by atoms with van der Waals surface area (Å²) in [5.41, 5.74) is 10.4. The third kappa shape index (κ3) is 3.23. The van der Waals surface area contributed by atoms with Gasteiger partial charge in [0.15, 0.2) is 0 Å². The van der Waals surface area contributed by atoms with Crippen LogP contribution in [-0.2, 0) is 6.42 Å². The van der Waals surface area contributed by atoms with Gasteiger partial charge in [0.05, 0.1) is 6.20 Å². The Labute approximate surface area is 129 Å². The van der Waals surface area contributed by atoms with E-state index in [9.17, 15) is 4.39 Å². The molecule has 1 unspecified atom stereocenters. The Morgan fingerprint density at radius 3 is 2.32 bits per heavy atom. The highest BCUT2D eigenvalue weighted by Gasteiger charge is 2.11. The summed E-state index contributed by atoms with van der Waals surface area (Å²) < 4.78 is 13.0. The first-order valence-corrected chi connectivity index (χ1v) is 7.30. The molecule has 0 aliphatic rings. The SMILES string of the molecule is NCC(Cc1ccc(-c2cn[nH]c2)cc1)c1ccc(F)cc1. The Bertz CT molecular complexity index is 703. The van der Waals surface area contributed by atoms with E-state index in [0.29, 0.717) is 6.54 Å². The van der Waals surface area contributed by atoms with E-state index in [-0.39, 0.29) is 11.7 Å². The van der Waals surface area contributed by atoms with Crippen LogP contribution < -0.4 is 5.73 Å². The zero-order valence-corrected chi connectivity index (χ0v) is 12.2. The molecule has 1 aromatic heterocycles. The predicted octanol–water partition coefficient (Wildman–Crippen LogP) is 3.50. The number of hydrogen-bond donors (Lipinski definition) is 2. The number of benzene rings is 2. The third-order valence-electron chi connectivity index (χ3n) is 3.89. The number of rotatable bonds is 5. The van der Waals surface area contributed by atoms with Gasteiger partial charge in [0.2, 0.25) is 0 Å². The lowest BCUT2D eigenvalue weighted by molar-refractivity contribution is 0.623. The Morgan fingerprint density at radius 2 is 1.73 bits per heavy atom. The topological polar surface area (TPSA) is 54.7 Å². The van der Waals surface area contributed by atoms with Crippen molar-refractivity contribution in [2.75, 3.05) is 6.54 Å². The van der Waals surface area contributed by atoms with Crippen LogP contribution in [0.4, 0.5) is 4.39 Å². The average Bonchev–Trinajstić information content (AvgIpc) is 3.09. The highest BCUT2D eigenvalue weighted by Crippen LogP contribution is 2.23. The fourth-order valence-electron chi connectivity index (χ4n) is 2.60. The molecule has 4 heteroatoms. The summed E-state index contributed by atoms with van der Waals surface area (Å²) in [5, 5.41) is 6.77. The maximum Gasteiger partial charge on any atom is 0.123 e. The van der Waals surface area contributed by atoms with E-state index in [4.69, 9.17) is 5.73 Å². The molecule has 1 heterocycles. The van der Waals surface area contributed by atoms with E-state index in [0.717, 1.165) is 23.1 Å². The van der Waals surface area contributed by atoms with E-state index in [1.165, 1.54) is 17.7 Å². The van der Waals surface area contributed by atoms with Crippen LogP contribution in [0.5, 0.6) is 0 Å². The first-order valence-electron chi connectivity index (χ1n) is 7.30. The summed E-state index contributed by atoms with van der Waals surface area (Å²) in [6.45, 7) is 0.537. The molecular weight excluding hydrogens is 277 g/mol. The third-order valence-corrected chi connectivity index (χ3v) is 3.89. The summed E-state index contributed by atoms with van der Waals surface area (Å²) in [7, 11) is 0. The number of nitrogens with one attached hydrogen (secondary N) is 1. The van der Waals surface area contributed by atoms with Crippen molar-refractivity contribution < 1.29 is 4.39 Å². The molecule has 0 saturated carbocycles. The zero-order chi connectivity index (χ0) is 15.4. The number of H-pyrrole nitrogens is 1. The number of halogens is 1. The van der Waals surface area contributed by atoms with Crippen LogP contribution in [0.15, 0.2) is 60.9 Å². The van der Waals surface area contributed by atoms with Gasteiger partial charge in [-0.15, -0.1) is 0 Å². The van der Waals surface area contributed by atoms with Gasteiger partial charge in [-0.3, -0.25) is 5.10 Å². The van der Waals surface area contributed by atoms with Crippen LogP contribution in [0.25, 0.3) is 11.1 Å². The molecule has 3 aromatic rings. The Morgan fingerprint density at radius 1 is 1.00 bits per heavy atom. The average molecular weight is 295 g/mol. The van der Waals surface area contributed by atoms with Crippen LogP contribution in [0, 0.1) is 5.82 Å². The molecule has 0 spiro atoms. The quantitative estimate of drug-likeness (QED) is 0.757. The van der Waals surface area contributed by atoms with E-state index in [2.05, 4.69) is 34.5 Å². The molecule has 3 N–H and O–H groups in total. The van der Waals surface area contributed by atoms with Crippen molar-refractivity contribution in [1.29, 1.82) is 0 Å². The second-order valence-corrected chi connectivity index (χ2v) is 5.37. The van der Waals surface area contributed by atoms with Crippen molar-refractivity contribution in [3.05, 3.63) is 77.9 Å². The molecule has 2 aromatic carbocycles. The van der Waals surface area contributed by atoms with Crippen molar-refractivity contribution >= 4 is 0 Å². The second kappa shape index (κ2) is 6.54. The zero-order valence-electron chi connectivity index (χ0n) is 12.2. The van der Waals surface area contributed by atoms with Crippen molar-refractivity contribution in [3.8, 4) is 11.1 Å². The molecule has 0 aliphatic heterocycles. The van der Waals surface area contributed by atoms with Gasteiger partial charge in [-0.2, -0.15) is 5.10 Å². The minimum absolute atomic E-state index is 0.195. The summed E-state index contributed by atoms with van der Waals surface area (Å²) in [6, 6.07) is 15.0. The standard InChI is InChI=1S/C18H18FN3/c19-18-7-5-14(6-8-18)16(10-20)9-13-1-3-15(4-2-13)17-11-21-22-12-17/h1-8,11-12,16H,9-10,20H2,(H,21,22). The lowest BCUT2D eigenvalue weighted by Gasteiger charge is -2.15. The molecule has 0 radical (unpaired) electrons. The molecule has 0 bridgehead atoms. The lowest BCUT2D eigenvalue weighted by Crippen LogP contribution is -2.15. The number of nitrogens with zero attached hydrogens (tertiary/aromatic N) is 1. The van der Waals surface area contributed by atoms with E-state index in [1.807, 2.05) is 18.3 Å². The number of aromatic nitrogens is 2. The molecule has 3 rings (SSSR count). The van der Waals surface area contributed by atoms with Gasteiger partial charge >= 0.3 is 0 Å². The molecule has 0 saturated heterocycles. The fraction of sp³-hybridized carbons (Fsp3) is 0.167. The Hall–Kier alpha value is -2.46. The fourth-order valence-corrected chi connectivity index (χ4v) is 2.60. The summed E-state index contributed by atoms with van der Waals surface area (Å²) in [5.74, 6) is -0.0237. The maximum absolute atomic E-state index is 13.0. The number of aromatic amines is 1. The Kier molecular flexibility index (Phi) is 4.30. The highest BCUT2D eigenvalue weighted by atomic mass is 19.1. The molecule has 1 atom stereocenters. The molecule has 22 heavy (non-hydrogen) atoms. The van der Waals surface area contributed by atoms with Gasteiger partial charge in [0.25, 0.3) is 0 Å². The Balaban J connectivity index is 1.75. The molecule has 0 aliphatic carbocycles. The first kappa shape index (κ1) is 14.5. The van der Waals surface area contributed by atoms with Crippen LogP contribution in [0.2, 0.25) is 0 Å². The van der Waals surface area contributed by atoms with Gasteiger partial charge in [-0.1, -0.05) is 36.4 Å². The summed E-state index contributed by atoms with van der Waals surface area (Å²) >= 11 is 0. The van der Waals surface area contributed by atoms with Crippen molar-refractivity contribution in [1.82, 2.24) is 10.2 Å². The van der Waals surface area contributed by atoms with Crippen LogP contribution >= 0.6 is 0 Å². The van der Waals surface area contributed by atoms with Gasteiger partial charge < -0.3 is 5.73 Å². The molecule has 0 amide bonds. The van der Waals surface area contributed by atoms with Gasteiger partial charge in [-0.25, -0.2) is 4.39 Å². The maximum atomic E-state index is 13.0. The highest BCUT2D eigenvalue weighted by molar-refractivity contribution is 5.61. The smallest absolute Gasteiger partial charge is 0.123 e. The summed E-state index contributed by atoms with van der Waals surface area (Å²) in [6.07, 6.45) is 4.51. The summed E-state index contributed by atoms with van der Waals surface area (Å²) in [4.78, 5) is 0. The largest absolute Gasteiger partial charge is 0.330 e. The second-order valence-electron chi connectivity index (χ2n) is 5.37. The monoisotopic (exact) mass is 295 g/mol.